The lowest BCUT2D eigenvalue weighted by Gasteiger charge is -2.25. The minimum absolute atomic E-state index is 0.120. The molecule has 2 aliphatic rings. The van der Waals surface area contributed by atoms with E-state index in [1.807, 2.05) is 18.3 Å². The second-order valence-corrected chi connectivity index (χ2v) is 6.35. The fourth-order valence-electron chi connectivity index (χ4n) is 3.39. The molecule has 7 nitrogen and oxygen atoms in total. The average molecular weight is 319 g/mol. The summed E-state index contributed by atoms with van der Waals surface area (Å²) in [4.78, 5) is 20.5. The van der Waals surface area contributed by atoms with Crippen LogP contribution in [0.5, 0.6) is 0 Å². The molecule has 1 aromatic heterocycles. The summed E-state index contributed by atoms with van der Waals surface area (Å²) >= 11 is 0. The SMILES string of the molecule is O=C(O)C1NNCC1CN1CCCN(Cc2ccccn2)CC1. The van der Waals surface area contributed by atoms with Crippen LogP contribution in [0.25, 0.3) is 0 Å². The minimum Gasteiger partial charge on any atom is -0.480 e. The lowest BCUT2D eigenvalue weighted by Crippen LogP contribution is -2.43. The van der Waals surface area contributed by atoms with E-state index in [2.05, 4.69) is 31.7 Å². The third-order valence-electron chi connectivity index (χ3n) is 4.64. The number of rotatable bonds is 5. The average Bonchev–Trinajstić information content (AvgIpc) is 2.90. The quantitative estimate of drug-likeness (QED) is 0.691. The van der Waals surface area contributed by atoms with E-state index in [0.717, 1.165) is 51.4 Å². The molecule has 2 aliphatic heterocycles. The molecule has 3 N–H and O–H groups in total. The summed E-state index contributed by atoms with van der Waals surface area (Å²) in [6, 6.07) is 5.55. The van der Waals surface area contributed by atoms with Gasteiger partial charge in [-0.15, -0.1) is 0 Å². The molecule has 3 rings (SSSR count). The van der Waals surface area contributed by atoms with Gasteiger partial charge in [-0.3, -0.25) is 20.1 Å². The monoisotopic (exact) mass is 319 g/mol. The van der Waals surface area contributed by atoms with Crippen molar-refractivity contribution < 1.29 is 9.90 Å². The first-order valence-electron chi connectivity index (χ1n) is 8.28. The highest BCUT2D eigenvalue weighted by molar-refractivity contribution is 5.74. The Hall–Kier alpha value is -1.54. The zero-order valence-corrected chi connectivity index (χ0v) is 13.3. The fraction of sp³-hybridized carbons (Fsp3) is 0.625. The molecule has 2 saturated heterocycles. The van der Waals surface area contributed by atoms with Crippen LogP contribution >= 0.6 is 0 Å². The summed E-state index contributed by atoms with van der Waals surface area (Å²) in [5.74, 6) is -0.651. The zero-order valence-electron chi connectivity index (χ0n) is 13.3. The Labute approximate surface area is 136 Å². The molecule has 0 aliphatic carbocycles. The van der Waals surface area contributed by atoms with Crippen LogP contribution in [0.4, 0.5) is 0 Å². The molecule has 1 aromatic rings. The maximum atomic E-state index is 11.2. The normalized spacial score (nSPS) is 27.0. The topological polar surface area (TPSA) is 80.7 Å². The van der Waals surface area contributed by atoms with E-state index in [4.69, 9.17) is 0 Å². The van der Waals surface area contributed by atoms with Crippen molar-refractivity contribution in [1.82, 2.24) is 25.6 Å². The van der Waals surface area contributed by atoms with E-state index in [1.165, 1.54) is 0 Å². The summed E-state index contributed by atoms with van der Waals surface area (Å²) < 4.78 is 0. The van der Waals surface area contributed by atoms with E-state index in [0.29, 0.717) is 6.54 Å². The minimum atomic E-state index is -0.772. The van der Waals surface area contributed by atoms with Crippen LogP contribution in [0.2, 0.25) is 0 Å². The molecule has 0 bridgehead atoms. The molecule has 0 radical (unpaired) electrons. The molecule has 7 heteroatoms. The lowest BCUT2D eigenvalue weighted by molar-refractivity contribution is -0.140. The van der Waals surface area contributed by atoms with Crippen molar-refractivity contribution in [2.45, 2.75) is 19.0 Å². The highest BCUT2D eigenvalue weighted by Gasteiger charge is 2.34. The van der Waals surface area contributed by atoms with Gasteiger partial charge in [0.25, 0.3) is 0 Å². The van der Waals surface area contributed by atoms with Gasteiger partial charge in [-0.2, -0.15) is 0 Å². The fourth-order valence-corrected chi connectivity index (χ4v) is 3.39. The highest BCUT2D eigenvalue weighted by Crippen LogP contribution is 2.13. The summed E-state index contributed by atoms with van der Waals surface area (Å²) in [5.41, 5.74) is 6.94. The highest BCUT2D eigenvalue weighted by atomic mass is 16.4. The number of aromatic nitrogens is 1. The van der Waals surface area contributed by atoms with Gasteiger partial charge >= 0.3 is 5.97 Å². The third kappa shape index (κ3) is 4.48. The number of carboxylic acid groups (broad SMARTS) is 1. The molecule has 2 fully saturated rings. The zero-order chi connectivity index (χ0) is 16.1. The van der Waals surface area contributed by atoms with E-state index < -0.39 is 12.0 Å². The molecular weight excluding hydrogens is 294 g/mol. The molecule has 0 saturated carbocycles. The van der Waals surface area contributed by atoms with E-state index in [1.54, 1.807) is 0 Å². The van der Waals surface area contributed by atoms with Gasteiger partial charge < -0.3 is 10.0 Å². The molecule has 23 heavy (non-hydrogen) atoms. The molecule has 3 heterocycles. The van der Waals surface area contributed by atoms with E-state index >= 15 is 0 Å². The Morgan fingerprint density at radius 1 is 1.26 bits per heavy atom. The van der Waals surface area contributed by atoms with Gasteiger partial charge in [-0.1, -0.05) is 6.07 Å². The molecule has 0 aromatic carbocycles. The Morgan fingerprint density at radius 2 is 2.09 bits per heavy atom. The Kier molecular flexibility index (Phi) is 5.56. The van der Waals surface area contributed by atoms with Gasteiger partial charge in [0.1, 0.15) is 6.04 Å². The number of nitrogens with one attached hydrogen (secondary N) is 2. The Balaban J connectivity index is 1.49. The van der Waals surface area contributed by atoms with Gasteiger partial charge in [-0.05, 0) is 31.6 Å². The first-order valence-corrected chi connectivity index (χ1v) is 8.28. The van der Waals surface area contributed by atoms with Crippen molar-refractivity contribution in [3.63, 3.8) is 0 Å². The van der Waals surface area contributed by atoms with Crippen LogP contribution in [-0.4, -0.2) is 71.2 Å². The van der Waals surface area contributed by atoms with Crippen molar-refractivity contribution in [3.8, 4) is 0 Å². The molecule has 126 valence electrons. The van der Waals surface area contributed by atoms with Crippen LogP contribution in [-0.2, 0) is 11.3 Å². The number of carbonyl (C=O) groups is 1. The van der Waals surface area contributed by atoms with E-state index in [-0.39, 0.29) is 5.92 Å². The number of carboxylic acids is 1. The number of hydrogen-bond donors (Lipinski definition) is 3. The predicted octanol–water partition coefficient (Wildman–Crippen LogP) is -0.233. The van der Waals surface area contributed by atoms with Gasteiger partial charge in [0.2, 0.25) is 0 Å². The molecular formula is C16H25N5O2. The third-order valence-corrected chi connectivity index (χ3v) is 4.64. The lowest BCUT2D eigenvalue weighted by atomic mass is 10.0. The van der Waals surface area contributed by atoms with E-state index in [9.17, 15) is 9.90 Å². The molecule has 2 atom stereocenters. The summed E-state index contributed by atoms with van der Waals surface area (Å²) in [6.45, 7) is 6.51. The first kappa shape index (κ1) is 16.3. The number of hydrazine groups is 1. The maximum absolute atomic E-state index is 11.2. The summed E-state index contributed by atoms with van der Waals surface area (Å²) in [7, 11) is 0. The standard InChI is InChI=1S/C16H25N5O2/c22-16(23)15-13(10-18-19-15)11-20-6-3-7-21(9-8-20)12-14-4-1-2-5-17-14/h1-2,4-5,13,15,18-19H,3,6-12H2,(H,22,23). The second-order valence-electron chi connectivity index (χ2n) is 6.35. The number of aliphatic carboxylic acids is 1. The van der Waals surface area contributed by atoms with Gasteiger partial charge in [-0.25, -0.2) is 5.43 Å². The Bertz CT molecular complexity index is 512. The van der Waals surface area contributed by atoms with Crippen LogP contribution in [0.1, 0.15) is 12.1 Å². The van der Waals surface area contributed by atoms with Crippen molar-refractivity contribution in [3.05, 3.63) is 30.1 Å². The van der Waals surface area contributed by atoms with Crippen LogP contribution < -0.4 is 10.9 Å². The Morgan fingerprint density at radius 3 is 2.87 bits per heavy atom. The van der Waals surface area contributed by atoms with Crippen molar-refractivity contribution in [1.29, 1.82) is 0 Å². The smallest absolute Gasteiger partial charge is 0.322 e. The van der Waals surface area contributed by atoms with Gasteiger partial charge in [0, 0.05) is 44.8 Å². The number of hydrogen-bond acceptors (Lipinski definition) is 6. The maximum Gasteiger partial charge on any atom is 0.322 e. The largest absolute Gasteiger partial charge is 0.480 e. The van der Waals surface area contributed by atoms with Crippen LogP contribution in [0.15, 0.2) is 24.4 Å². The van der Waals surface area contributed by atoms with Crippen LogP contribution in [0.3, 0.4) is 0 Å². The van der Waals surface area contributed by atoms with Crippen molar-refractivity contribution >= 4 is 5.97 Å². The van der Waals surface area contributed by atoms with Crippen LogP contribution in [0, 0.1) is 5.92 Å². The molecule has 0 amide bonds. The first-order chi connectivity index (χ1) is 11.2. The summed E-state index contributed by atoms with van der Waals surface area (Å²) in [6.07, 6.45) is 2.95. The number of pyridine rings is 1. The predicted molar refractivity (Wildman–Crippen MR) is 86.6 cm³/mol. The van der Waals surface area contributed by atoms with Crippen molar-refractivity contribution in [2.75, 3.05) is 39.3 Å². The second kappa shape index (κ2) is 7.83. The molecule has 2 unspecified atom stereocenters. The van der Waals surface area contributed by atoms with Gasteiger partial charge in [0.15, 0.2) is 0 Å². The van der Waals surface area contributed by atoms with Crippen molar-refractivity contribution in [2.24, 2.45) is 5.92 Å². The number of nitrogens with zero attached hydrogens (tertiary/aromatic N) is 3. The summed E-state index contributed by atoms with van der Waals surface area (Å²) in [5, 5.41) is 9.24. The van der Waals surface area contributed by atoms with Gasteiger partial charge in [0.05, 0.1) is 5.69 Å². The molecule has 0 spiro atoms.